The van der Waals surface area contributed by atoms with Crippen LogP contribution in [-0.2, 0) is 0 Å². The monoisotopic (exact) mass is 208 g/mol. The zero-order chi connectivity index (χ0) is 11.4. The van der Waals surface area contributed by atoms with E-state index in [-0.39, 0.29) is 0 Å². The van der Waals surface area contributed by atoms with Crippen LogP contribution in [0.2, 0.25) is 12.6 Å². The van der Waals surface area contributed by atoms with Crippen molar-refractivity contribution in [2.24, 2.45) is 0 Å². The molecule has 0 aliphatic carbocycles. The van der Waals surface area contributed by atoms with Gasteiger partial charge in [0.15, 0.2) is 6.71 Å². The van der Waals surface area contributed by atoms with Crippen molar-refractivity contribution >= 4 is 6.71 Å². The maximum Gasteiger partial charge on any atom is 0.166 e. The fourth-order valence-electron chi connectivity index (χ4n) is 1.88. The first-order valence-electron chi connectivity index (χ1n) is 7.01. The summed E-state index contributed by atoms with van der Waals surface area (Å²) in [6.07, 6.45) is 14.6. The Bertz CT molecular complexity index is 132. The summed E-state index contributed by atoms with van der Waals surface area (Å²) in [4.78, 5) is 0. The summed E-state index contributed by atoms with van der Waals surface area (Å²) in [6, 6.07) is 0. The number of unbranched alkanes of at least 4 members (excludes halogenated alkanes) is 4. The second-order valence-corrected chi connectivity index (χ2v) is 4.61. The maximum atomic E-state index is 2.49. The molecule has 0 rings (SSSR count). The lowest BCUT2D eigenvalue weighted by atomic mass is 9.44. The number of rotatable bonds is 10. The predicted octanol–water partition coefficient (Wildman–Crippen LogP) is 5.37. The zero-order valence-corrected chi connectivity index (χ0v) is 11.1. The van der Waals surface area contributed by atoms with Gasteiger partial charge in [-0.05, 0) is 6.42 Å². The van der Waals surface area contributed by atoms with Gasteiger partial charge in [0.1, 0.15) is 0 Å². The molecule has 0 aromatic carbocycles. The fraction of sp³-hybridized carbons (Fsp3) is 0.857. The second-order valence-electron chi connectivity index (χ2n) is 4.61. The molecule has 0 bridgehead atoms. The smallest absolute Gasteiger partial charge is 0.119 e. The van der Waals surface area contributed by atoms with E-state index in [1.54, 1.807) is 0 Å². The SMILES string of the molecule is CCCC/C=C/B(CCCC)CCCC. The van der Waals surface area contributed by atoms with E-state index in [2.05, 4.69) is 32.8 Å². The molecule has 1 heteroatoms. The highest BCUT2D eigenvalue weighted by Gasteiger charge is 2.07. The van der Waals surface area contributed by atoms with Gasteiger partial charge < -0.3 is 0 Å². The molecule has 0 amide bonds. The largest absolute Gasteiger partial charge is 0.166 e. The van der Waals surface area contributed by atoms with Crippen LogP contribution in [0, 0.1) is 0 Å². The summed E-state index contributed by atoms with van der Waals surface area (Å²) < 4.78 is 0. The molecular weight excluding hydrogens is 179 g/mol. The highest BCUT2D eigenvalue weighted by Crippen LogP contribution is 2.11. The predicted molar refractivity (Wildman–Crippen MR) is 73.8 cm³/mol. The van der Waals surface area contributed by atoms with Crippen molar-refractivity contribution in [3.63, 3.8) is 0 Å². The van der Waals surface area contributed by atoms with Crippen LogP contribution in [0.15, 0.2) is 12.1 Å². The van der Waals surface area contributed by atoms with Crippen LogP contribution in [0.25, 0.3) is 0 Å². The van der Waals surface area contributed by atoms with E-state index in [1.165, 1.54) is 57.6 Å². The topological polar surface area (TPSA) is 0 Å². The molecule has 0 unspecified atom stereocenters. The second kappa shape index (κ2) is 11.9. The van der Waals surface area contributed by atoms with Gasteiger partial charge >= 0.3 is 0 Å². The molecule has 0 aliphatic rings. The number of hydrogen-bond acceptors (Lipinski definition) is 0. The minimum absolute atomic E-state index is 0.863. The molecule has 0 atom stereocenters. The van der Waals surface area contributed by atoms with E-state index in [9.17, 15) is 0 Å². The van der Waals surface area contributed by atoms with Crippen LogP contribution in [-0.4, -0.2) is 6.71 Å². The molecule has 0 spiro atoms. The van der Waals surface area contributed by atoms with E-state index in [0.717, 1.165) is 6.71 Å². The molecule has 0 nitrogen and oxygen atoms in total. The van der Waals surface area contributed by atoms with E-state index >= 15 is 0 Å². The Hall–Kier alpha value is -0.195. The fourth-order valence-corrected chi connectivity index (χ4v) is 1.88. The number of hydrogen-bond donors (Lipinski definition) is 0. The molecular formula is C14H29B. The van der Waals surface area contributed by atoms with Crippen LogP contribution in [0.5, 0.6) is 0 Å². The van der Waals surface area contributed by atoms with Crippen molar-refractivity contribution in [3.8, 4) is 0 Å². The molecule has 0 aromatic rings. The average Bonchev–Trinajstić information content (AvgIpc) is 2.27. The lowest BCUT2D eigenvalue weighted by Crippen LogP contribution is -2.08. The summed E-state index contributed by atoms with van der Waals surface area (Å²) in [7, 11) is 0. The van der Waals surface area contributed by atoms with Gasteiger partial charge in [-0.2, -0.15) is 0 Å². The molecule has 0 saturated carbocycles. The minimum Gasteiger partial charge on any atom is -0.119 e. The zero-order valence-electron chi connectivity index (χ0n) is 11.1. The molecule has 0 aromatic heterocycles. The summed E-state index contributed by atoms with van der Waals surface area (Å²) in [5.74, 6) is 2.49. The number of allylic oxidation sites excluding steroid dienone is 1. The van der Waals surface area contributed by atoms with Gasteiger partial charge in [0.25, 0.3) is 0 Å². The van der Waals surface area contributed by atoms with Gasteiger partial charge in [-0.3, -0.25) is 0 Å². The first kappa shape index (κ1) is 14.8. The Balaban J connectivity index is 3.71. The normalized spacial score (nSPS) is 11.1. The Kier molecular flexibility index (Phi) is 11.7. The van der Waals surface area contributed by atoms with Crippen molar-refractivity contribution in [2.75, 3.05) is 0 Å². The van der Waals surface area contributed by atoms with Gasteiger partial charge in [-0.15, -0.1) is 5.98 Å². The molecule has 0 N–H and O–H groups in total. The molecule has 0 fully saturated rings. The Morgan fingerprint density at radius 1 is 0.800 bits per heavy atom. The summed E-state index contributed by atoms with van der Waals surface area (Å²) in [5, 5.41) is 0. The Labute approximate surface area is 97.6 Å². The van der Waals surface area contributed by atoms with Gasteiger partial charge in [-0.25, -0.2) is 0 Å². The third kappa shape index (κ3) is 10.1. The van der Waals surface area contributed by atoms with Gasteiger partial charge in [-0.1, -0.05) is 78.0 Å². The van der Waals surface area contributed by atoms with Crippen molar-refractivity contribution in [1.82, 2.24) is 0 Å². The maximum absolute atomic E-state index is 2.49. The Morgan fingerprint density at radius 3 is 1.80 bits per heavy atom. The molecule has 0 heterocycles. The summed E-state index contributed by atoms with van der Waals surface area (Å²) in [5.41, 5.74) is 0. The first-order chi connectivity index (χ1) is 7.35. The lowest BCUT2D eigenvalue weighted by Gasteiger charge is -2.07. The summed E-state index contributed by atoms with van der Waals surface area (Å²) in [6.45, 7) is 7.70. The quantitative estimate of drug-likeness (QED) is 0.334. The van der Waals surface area contributed by atoms with Crippen LogP contribution in [0.4, 0.5) is 0 Å². The van der Waals surface area contributed by atoms with Crippen LogP contribution in [0.1, 0.15) is 65.7 Å². The standard InChI is InChI=1S/C14H29B/c1-4-7-10-11-14-15(12-8-5-2)13-9-6-3/h11,14H,4-10,12-13H2,1-3H3/b14-11+. The van der Waals surface area contributed by atoms with Crippen molar-refractivity contribution in [2.45, 2.75) is 78.4 Å². The molecule has 0 radical (unpaired) electrons. The molecule has 0 aliphatic heterocycles. The Morgan fingerprint density at radius 2 is 1.33 bits per heavy atom. The van der Waals surface area contributed by atoms with E-state index in [4.69, 9.17) is 0 Å². The third-order valence-corrected chi connectivity index (χ3v) is 2.99. The van der Waals surface area contributed by atoms with Crippen molar-refractivity contribution in [1.29, 1.82) is 0 Å². The average molecular weight is 208 g/mol. The molecule has 15 heavy (non-hydrogen) atoms. The van der Waals surface area contributed by atoms with Gasteiger partial charge in [0, 0.05) is 0 Å². The molecule has 0 saturated heterocycles. The van der Waals surface area contributed by atoms with Crippen LogP contribution >= 0.6 is 0 Å². The van der Waals surface area contributed by atoms with E-state index in [0.29, 0.717) is 0 Å². The molecule has 88 valence electrons. The van der Waals surface area contributed by atoms with E-state index in [1.807, 2.05) is 0 Å². The highest BCUT2D eigenvalue weighted by atomic mass is 13.9. The van der Waals surface area contributed by atoms with Crippen molar-refractivity contribution < 1.29 is 0 Å². The lowest BCUT2D eigenvalue weighted by molar-refractivity contribution is 0.814. The van der Waals surface area contributed by atoms with E-state index < -0.39 is 0 Å². The van der Waals surface area contributed by atoms with Gasteiger partial charge in [0.05, 0.1) is 0 Å². The third-order valence-electron chi connectivity index (χ3n) is 2.99. The highest BCUT2D eigenvalue weighted by molar-refractivity contribution is 6.64. The van der Waals surface area contributed by atoms with Crippen molar-refractivity contribution in [3.05, 3.63) is 12.1 Å². The van der Waals surface area contributed by atoms with Gasteiger partial charge in [0.2, 0.25) is 0 Å². The minimum atomic E-state index is 0.863. The summed E-state index contributed by atoms with van der Waals surface area (Å²) >= 11 is 0. The van der Waals surface area contributed by atoms with Crippen LogP contribution in [0.3, 0.4) is 0 Å². The van der Waals surface area contributed by atoms with Crippen LogP contribution < -0.4 is 0 Å². The first-order valence-corrected chi connectivity index (χ1v) is 7.01.